The Labute approximate surface area is 104 Å². The van der Waals surface area contributed by atoms with Crippen LogP contribution >= 0.6 is 68.9 Å². The highest BCUT2D eigenvalue weighted by molar-refractivity contribution is 7.16. The Kier molecular flexibility index (Phi) is 17.8. The van der Waals surface area contributed by atoms with Gasteiger partial charge in [0.2, 0.25) is 0 Å². The molecule has 0 spiro atoms. The van der Waals surface area contributed by atoms with Gasteiger partial charge >= 0.3 is 0 Å². The lowest BCUT2D eigenvalue weighted by atomic mass is 10.2. The largest absolute Gasteiger partial charge is 0.190 e. The molecule has 0 N–H and O–H groups in total. The Morgan fingerprint density at radius 2 is 1.42 bits per heavy atom. The number of hydrogen-bond donors (Lipinski definition) is 0. The lowest BCUT2D eigenvalue weighted by molar-refractivity contribution is 0.681. The smallest absolute Gasteiger partial charge is 0.147 e. The summed E-state index contributed by atoms with van der Waals surface area (Å²) in [4.78, 5) is 0. The van der Waals surface area contributed by atoms with Crippen LogP contribution in [0.5, 0.6) is 0 Å². The summed E-state index contributed by atoms with van der Waals surface area (Å²) in [5.74, 6) is 0. The fourth-order valence-corrected chi connectivity index (χ4v) is 1.34. The van der Waals surface area contributed by atoms with Crippen molar-refractivity contribution in [3.8, 4) is 0 Å². The Morgan fingerprint density at radius 3 is 1.75 bits per heavy atom. The topological polar surface area (TPSA) is 0 Å². The number of halogens is 5. The molecular weight excluding hydrogens is 280 g/mol. The van der Waals surface area contributed by atoms with E-state index in [4.69, 9.17) is 34.8 Å². The lowest BCUT2D eigenvalue weighted by Gasteiger charge is -2.08. The third-order valence-corrected chi connectivity index (χ3v) is 2.14. The minimum absolute atomic E-state index is 0. The van der Waals surface area contributed by atoms with Crippen molar-refractivity contribution in [1.82, 2.24) is 0 Å². The molecule has 0 aliphatic heterocycles. The molecule has 6 heteroatoms. The summed E-state index contributed by atoms with van der Waals surface area (Å²) in [6, 6.07) is 0. The van der Waals surface area contributed by atoms with Crippen LogP contribution in [0.2, 0.25) is 0 Å². The average Bonchev–Trinajstić information content (AvgIpc) is 1.78. The predicted octanol–water partition coefficient (Wildman–Crippen LogP) is 4.64. The van der Waals surface area contributed by atoms with Gasteiger partial charge in [-0.15, -0.1) is 34.1 Å². The van der Waals surface area contributed by atoms with Gasteiger partial charge in [-0.3, -0.25) is 0 Å². The second kappa shape index (κ2) is 11.0. The van der Waals surface area contributed by atoms with Crippen molar-refractivity contribution in [3.05, 3.63) is 0 Å². The second-order valence-electron chi connectivity index (χ2n) is 2.21. The first-order valence-electron chi connectivity index (χ1n) is 3.33. The monoisotopic (exact) mass is 292 g/mol. The molecule has 0 amide bonds. The molecule has 0 saturated heterocycles. The number of hydrogen-bond acceptors (Lipinski definition) is 0. The second-order valence-corrected chi connectivity index (χ2v) is 5.31. The standard InChI is InChI=1S/C6H12Cl3P.2ClH/c7-6(8,9)4-2-1-3-5-10;;/h1-5,10H2;2*1H. The van der Waals surface area contributed by atoms with Gasteiger partial charge in [-0.25, -0.2) is 0 Å². The van der Waals surface area contributed by atoms with E-state index in [1.165, 1.54) is 6.42 Å². The van der Waals surface area contributed by atoms with Gasteiger partial charge in [0.25, 0.3) is 0 Å². The zero-order valence-electron chi connectivity index (χ0n) is 6.56. The molecule has 0 radical (unpaired) electrons. The van der Waals surface area contributed by atoms with E-state index in [-0.39, 0.29) is 24.8 Å². The minimum Gasteiger partial charge on any atom is -0.147 e. The van der Waals surface area contributed by atoms with Crippen molar-refractivity contribution >= 4 is 68.9 Å². The van der Waals surface area contributed by atoms with Gasteiger partial charge in [-0.05, 0) is 25.4 Å². The molecule has 0 heterocycles. The molecule has 1 unspecified atom stereocenters. The molecule has 0 bridgehead atoms. The van der Waals surface area contributed by atoms with Crippen LogP contribution in [0.15, 0.2) is 0 Å². The molecule has 0 rings (SSSR count). The zero-order valence-corrected chi connectivity index (χ0v) is 11.6. The van der Waals surface area contributed by atoms with Crippen molar-refractivity contribution in [2.45, 2.75) is 29.5 Å². The molecule has 0 saturated carbocycles. The normalized spacial score (nSPS) is 10.0. The van der Waals surface area contributed by atoms with E-state index in [2.05, 4.69) is 9.24 Å². The van der Waals surface area contributed by atoms with E-state index in [9.17, 15) is 0 Å². The number of rotatable bonds is 4. The Morgan fingerprint density at radius 1 is 0.917 bits per heavy atom. The molecule has 0 nitrogen and oxygen atoms in total. The molecule has 0 aliphatic rings. The van der Waals surface area contributed by atoms with Crippen LogP contribution in [0, 0.1) is 0 Å². The van der Waals surface area contributed by atoms with Gasteiger partial charge in [0.1, 0.15) is 0 Å². The van der Waals surface area contributed by atoms with Crippen molar-refractivity contribution in [2.75, 3.05) is 6.16 Å². The Hall–Kier alpha value is 1.88. The first-order valence-corrected chi connectivity index (χ1v) is 5.28. The Bertz CT molecular complexity index is 82.5. The highest BCUT2D eigenvalue weighted by atomic mass is 35.6. The third kappa shape index (κ3) is 17.8. The van der Waals surface area contributed by atoms with Crippen LogP contribution in [0.25, 0.3) is 0 Å². The van der Waals surface area contributed by atoms with E-state index in [0.29, 0.717) is 6.42 Å². The third-order valence-electron chi connectivity index (χ3n) is 1.16. The van der Waals surface area contributed by atoms with Crippen LogP contribution in [0.3, 0.4) is 0 Å². The maximum Gasteiger partial charge on any atom is 0.190 e. The van der Waals surface area contributed by atoms with Gasteiger partial charge in [-0.1, -0.05) is 41.2 Å². The van der Waals surface area contributed by atoms with Crippen LogP contribution in [0.4, 0.5) is 0 Å². The number of alkyl halides is 3. The van der Waals surface area contributed by atoms with Crippen LogP contribution in [-0.4, -0.2) is 9.95 Å². The van der Waals surface area contributed by atoms with Crippen molar-refractivity contribution in [3.63, 3.8) is 0 Å². The average molecular weight is 294 g/mol. The van der Waals surface area contributed by atoms with Gasteiger partial charge in [0, 0.05) is 0 Å². The summed E-state index contributed by atoms with van der Waals surface area (Å²) in [7, 11) is 2.68. The summed E-state index contributed by atoms with van der Waals surface area (Å²) in [5, 5.41) is 0. The van der Waals surface area contributed by atoms with E-state index < -0.39 is 3.79 Å². The zero-order chi connectivity index (χ0) is 8.04. The fourth-order valence-electron chi connectivity index (χ4n) is 0.647. The SMILES string of the molecule is Cl.Cl.PCCCCCC(Cl)(Cl)Cl. The predicted molar refractivity (Wildman–Crippen MR) is 67.8 cm³/mol. The fraction of sp³-hybridized carbons (Fsp3) is 1.00. The molecule has 0 fully saturated rings. The Balaban J connectivity index is -0.000000405. The summed E-state index contributed by atoms with van der Waals surface area (Å²) < 4.78 is -1.04. The molecule has 0 aliphatic carbocycles. The summed E-state index contributed by atoms with van der Waals surface area (Å²) in [6.07, 6.45) is 5.16. The van der Waals surface area contributed by atoms with E-state index in [0.717, 1.165) is 19.0 Å². The van der Waals surface area contributed by atoms with Crippen LogP contribution < -0.4 is 0 Å². The molecule has 78 valence electrons. The highest BCUT2D eigenvalue weighted by Gasteiger charge is 2.17. The van der Waals surface area contributed by atoms with E-state index in [1.807, 2.05) is 0 Å². The van der Waals surface area contributed by atoms with Crippen LogP contribution in [-0.2, 0) is 0 Å². The quantitative estimate of drug-likeness (QED) is 0.403. The molecule has 0 aromatic heterocycles. The maximum atomic E-state index is 5.54. The lowest BCUT2D eigenvalue weighted by Crippen LogP contribution is -2.00. The first-order chi connectivity index (χ1) is 4.56. The van der Waals surface area contributed by atoms with Gasteiger partial charge in [-0.2, -0.15) is 0 Å². The maximum absolute atomic E-state index is 5.54. The molecule has 0 aromatic carbocycles. The molecule has 0 aromatic rings. The summed E-state index contributed by atoms with van der Waals surface area (Å²) >= 11 is 16.6. The highest BCUT2D eigenvalue weighted by Crippen LogP contribution is 2.31. The van der Waals surface area contributed by atoms with E-state index in [1.54, 1.807) is 0 Å². The summed E-state index contributed by atoms with van der Waals surface area (Å²) in [6.45, 7) is 0. The number of unbranched alkanes of at least 4 members (excludes halogenated alkanes) is 2. The van der Waals surface area contributed by atoms with Gasteiger partial charge < -0.3 is 0 Å². The molecular formula is C6H14Cl5P. The van der Waals surface area contributed by atoms with Crippen molar-refractivity contribution < 1.29 is 0 Å². The summed E-state index contributed by atoms with van der Waals surface area (Å²) in [5.41, 5.74) is 0. The first kappa shape index (κ1) is 19.5. The van der Waals surface area contributed by atoms with E-state index >= 15 is 0 Å². The van der Waals surface area contributed by atoms with Crippen molar-refractivity contribution in [1.29, 1.82) is 0 Å². The molecule has 12 heavy (non-hydrogen) atoms. The van der Waals surface area contributed by atoms with Gasteiger partial charge in [0.15, 0.2) is 3.79 Å². The minimum atomic E-state index is -1.04. The van der Waals surface area contributed by atoms with Gasteiger partial charge in [0.05, 0.1) is 0 Å². The molecule has 1 atom stereocenters. The van der Waals surface area contributed by atoms with Crippen molar-refractivity contribution in [2.24, 2.45) is 0 Å². The van der Waals surface area contributed by atoms with Crippen LogP contribution in [0.1, 0.15) is 25.7 Å².